The van der Waals surface area contributed by atoms with Crippen LogP contribution in [0.15, 0.2) is 48.5 Å². The molecule has 0 saturated heterocycles. The van der Waals surface area contributed by atoms with Gasteiger partial charge in [-0.25, -0.2) is 4.98 Å². The molecule has 3 aromatic rings. The van der Waals surface area contributed by atoms with Gasteiger partial charge in [-0.2, -0.15) is 5.26 Å². The monoisotopic (exact) mass is 405 g/mol. The van der Waals surface area contributed by atoms with Gasteiger partial charge in [0, 0.05) is 14.0 Å². The number of pyridine rings is 1. The molecule has 0 aliphatic heterocycles. The maximum atomic E-state index is 9.32. The lowest BCUT2D eigenvalue weighted by Crippen LogP contribution is -1.99. The molecule has 0 radical (unpaired) electrons. The second kappa shape index (κ2) is 5.88. The first-order valence-corrected chi connectivity index (χ1v) is 7.65. The third kappa shape index (κ3) is 2.94. The van der Waals surface area contributed by atoms with Crippen LogP contribution in [0.1, 0.15) is 5.56 Å². The Morgan fingerprint density at radius 3 is 2.71 bits per heavy atom. The van der Waals surface area contributed by atoms with Crippen molar-refractivity contribution in [1.82, 2.24) is 4.98 Å². The summed E-state index contributed by atoms with van der Waals surface area (Å²) in [5.41, 5.74) is 2.24. The highest BCUT2D eigenvalue weighted by Crippen LogP contribution is 2.27. The molecule has 0 fully saturated rings. The van der Waals surface area contributed by atoms with E-state index in [4.69, 9.17) is 11.6 Å². The number of nitriles is 1. The molecule has 5 heteroatoms. The van der Waals surface area contributed by atoms with Gasteiger partial charge in [0.2, 0.25) is 0 Å². The summed E-state index contributed by atoms with van der Waals surface area (Å²) in [4.78, 5) is 4.53. The van der Waals surface area contributed by atoms with Gasteiger partial charge >= 0.3 is 0 Å². The molecule has 0 amide bonds. The van der Waals surface area contributed by atoms with Crippen LogP contribution < -0.4 is 5.32 Å². The van der Waals surface area contributed by atoms with E-state index in [1.54, 1.807) is 6.07 Å². The van der Waals surface area contributed by atoms with E-state index in [1.165, 1.54) is 0 Å². The Kier molecular flexibility index (Phi) is 3.95. The second-order valence-corrected chi connectivity index (χ2v) is 6.04. The summed E-state index contributed by atoms with van der Waals surface area (Å²) < 4.78 is 0.971. The Morgan fingerprint density at radius 1 is 1.14 bits per heavy atom. The fourth-order valence-corrected chi connectivity index (χ4v) is 3.02. The maximum absolute atomic E-state index is 9.32. The summed E-state index contributed by atoms with van der Waals surface area (Å²) in [5, 5.41) is 14.2. The quantitative estimate of drug-likeness (QED) is 0.603. The van der Waals surface area contributed by atoms with E-state index < -0.39 is 0 Å². The first-order chi connectivity index (χ1) is 10.2. The summed E-state index contributed by atoms with van der Waals surface area (Å²) in [5.74, 6) is 0.552. The van der Waals surface area contributed by atoms with Crippen LogP contribution in [0.3, 0.4) is 0 Å². The van der Waals surface area contributed by atoms with Crippen molar-refractivity contribution in [2.75, 3.05) is 5.32 Å². The van der Waals surface area contributed by atoms with Gasteiger partial charge in [-0.3, -0.25) is 0 Å². The topological polar surface area (TPSA) is 48.7 Å². The molecule has 1 aromatic heterocycles. The number of fused-ring (bicyclic) bond motifs is 1. The van der Waals surface area contributed by atoms with Gasteiger partial charge in [-0.05, 0) is 52.9 Å². The lowest BCUT2D eigenvalue weighted by Gasteiger charge is -2.10. The Labute approximate surface area is 140 Å². The van der Waals surface area contributed by atoms with E-state index in [2.05, 4.69) is 39.0 Å². The highest BCUT2D eigenvalue weighted by Gasteiger charge is 2.09. The molecule has 0 aliphatic rings. The smallest absolute Gasteiger partial charge is 0.149 e. The molecular formula is C16H9ClIN3. The summed E-state index contributed by atoms with van der Waals surface area (Å²) in [6.07, 6.45) is 0. The number of nitrogens with zero attached hydrogens (tertiary/aromatic N) is 2. The Morgan fingerprint density at radius 2 is 1.95 bits per heavy atom. The number of hydrogen-bond acceptors (Lipinski definition) is 3. The van der Waals surface area contributed by atoms with E-state index in [1.807, 2.05) is 42.5 Å². The summed E-state index contributed by atoms with van der Waals surface area (Å²) >= 11 is 8.15. The fraction of sp³-hybridized carbons (Fsp3) is 0. The first kappa shape index (κ1) is 14.1. The van der Waals surface area contributed by atoms with E-state index in [9.17, 15) is 5.26 Å². The minimum atomic E-state index is 0.513. The number of para-hydroxylation sites is 1. The maximum Gasteiger partial charge on any atom is 0.149 e. The number of nitrogens with one attached hydrogen (secondary N) is 1. The third-order valence-electron chi connectivity index (χ3n) is 3.03. The third-order valence-corrected chi connectivity index (χ3v) is 4.16. The molecule has 0 spiro atoms. The predicted molar refractivity (Wildman–Crippen MR) is 93.9 cm³/mol. The molecule has 0 unspecified atom stereocenters. The number of halogens is 2. The highest BCUT2D eigenvalue weighted by atomic mass is 127. The lowest BCUT2D eigenvalue weighted by atomic mass is 10.1. The molecule has 3 nitrogen and oxygen atoms in total. The molecule has 2 aromatic carbocycles. The molecule has 0 aliphatic carbocycles. The average Bonchev–Trinajstić information content (AvgIpc) is 2.49. The van der Waals surface area contributed by atoms with E-state index >= 15 is 0 Å². The molecule has 0 bridgehead atoms. The fourth-order valence-electron chi connectivity index (χ4n) is 2.01. The van der Waals surface area contributed by atoms with Crippen LogP contribution in [0.5, 0.6) is 0 Å². The van der Waals surface area contributed by atoms with Crippen molar-refractivity contribution in [3.63, 3.8) is 0 Å². The van der Waals surface area contributed by atoms with Gasteiger partial charge in [0.05, 0.1) is 16.8 Å². The van der Waals surface area contributed by atoms with Gasteiger partial charge < -0.3 is 5.32 Å². The van der Waals surface area contributed by atoms with Gasteiger partial charge in [0.15, 0.2) is 0 Å². The number of anilines is 2. The van der Waals surface area contributed by atoms with Crippen LogP contribution in [0.2, 0.25) is 5.02 Å². The van der Waals surface area contributed by atoms with Crippen molar-refractivity contribution in [1.29, 1.82) is 5.26 Å². The number of rotatable bonds is 2. The Bertz CT molecular complexity index is 871. The van der Waals surface area contributed by atoms with Gasteiger partial charge in [-0.15, -0.1) is 0 Å². The van der Waals surface area contributed by atoms with Gasteiger partial charge in [0.1, 0.15) is 11.9 Å². The summed E-state index contributed by atoms with van der Waals surface area (Å²) in [6.45, 7) is 0. The second-order valence-electron chi connectivity index (χ2n) is 4.44. The number of hydrogen-bond donors (Lipinski definition) is 1. The molecule has 0 saturated carbocycles. The molecule has 3 rings (SSSR count). The zero-order chi connectivity index (χ0) is 14.8. The van der Waals surface area contributed by atoms with Crippen molar-refractivity contribution in [3.05, 3.63) is 62.7 Å². The van der Waals surface area contributed by atoms with Crippen LogP contribution in [0, 0.1) is 14.9 Å². The average molecular weight is 406 g/mol. The normalized spacial score (nSPS) is 10.3. The van der Waals surface area contributed by atoms with Crippen molar-refractivity contribution >= 4 is 56.6 Å². The predicted octanol–water partition coefficient (Wildman–Crippen LogP) is 5.11. The Hall–Kier alpha value is -1.84. The minimum absolute atomic E-state index is 0.513. The number of benzene rings is 2. The largest absolute Gasteiger partial charge is 0.338 e. The van der Waals surface area contributed by atoms with Crippen LogP contribution in [-0.2, 0) is 0 Å². The van der Waals surface area contributed by atoms with E-state index in [0.717, 1.165) is 20.2 Å². The van der Waals surface area contributed by atoms with Crippen molar-refractivity contribution in [2.45, 2.75) is 0 Å². The Balaban J connectivity index is 2.09. The molecule has 21 heavy (non-hydrogen) atoms. The van der Waals surface area contributed by atoms with Crippen LogP contribution in [0.25, 0.3) is 10.9 Å². The van der Waals surface area contributed by atoms with Crippen LogP contribution in [0.4, 0.5) is 11.5 Å². The summed E-state index contributed by atoms with van der Waals surface area (Å²) in [6, 6.07) is 17.3. The molecule has 1 heterocycles. The molecule has 1 N–H and O–H groups in total. The summed E-state index contributed by atoms with van der Waals surface area (Å²) in [7, 11) is 0. The lowest BCUT2D eigenvalue weighted by molar-refractivity contribution is 1.34. The van der Waals surface area contributed by atoms with Crippen LogP contribution in [-0.4, -0.2) is 4.98 Å². The zero-order valence-electron chi connectivity index (χ0n) is 10.8. The zero-order valence-corrected chi connectivity index (χ0v) is 13.7. The highest BCUT2D eigenvalue weighted by molar-refractivity contribution is 14.1. The molecular weight excluding hydrogens is 397 g/mol. The molecule has 0 atom stereocenters. The van der Waals surface area contributed by atoms with Crippen LogP contribution >= 0.6 is 34.2 Å². The standard InChI is InChI=1S/C16H9ClIN3/c17-12-5-6-15(13(18)8-12)21-16-11(9-19)7-10-3-1-2-4-14(10)20-16/h1-8H,(H,20,21). The molecule has 102 valence electrons. The van der Waals surface area contributed by atoms with E-state index in [0.29, 0.717) is 16.4 Å². The van der Waals surface area contributed by atoms with E-state index in [-0.39, 0.29) is 0 Å². The SMILES string of the molecule is N#Cc1cc2ccccc2nc1Nc1ccc(Cl)cc1I. The van der Waals surface area contributed by atoms with Crippen molar-refractivity contribution in [2.24, 2.45) is 0 Å². The van der Waals surface area contributed by atoms with Gasteiger partial charge in [0.25, 0.3) is 0 Å². The minimum Gasteiger partial charge on any atom is -0.338 e. The van der Waals surface area contributed by atoms with Gasteiger partial charge in [-0.1, -0.05) is 29.8 Å². The first-order valence-electron chi connectivity index (χ1n) is 6.19. The number of aromatic nitrogens is 1. The van der Waals surface area contributed by atoms with Crippen molar-refractivity contribution in [3.8, 4) is 6.07 Å². The van der Waals surface area contributed by atoms with Crippen molar-refractivity contribution < 1.29 is 0 Å².